The Labute approximate surface area is 163 Å². The Balaban J connectivity index is 1.71. The van der Waals surface area contributed by atoms with Crippen molar-refractivity contribution >= 4 is 5.91 Å². The van der Waals surface area contributed by atoms with E-state index in [1.807, 2.05) is 49.3 Å². The fraction of sp³-hybridized carbons (Fsp3) is 0.435. The second-order valence-corrected chi connectivity index (χ2v) is 7.68. The van der Waals surface area contributed by atoms with Gasteiger partial charge in [-0.05, 0) is 62.7 Å². The third-order valence-corrected chi connectivity index (χ3v) is 5.25. The lowest BCUT2D eigenvalue weighted by Gasteiger charge is -2.26. The Hall–Kier alpha value is -2.17. The molecule has 1 fully saturated rings. The van der Waals surface area contributed by atoms with Crippen molar-refractivity contribution in [3.8, 4) is 0 Å². The van der Waals surface area contributed by atoms with Crippen LogP contribution in [-0.2, 0) is 6.54 Å². The zero-order chi connectivity index (χ0) is 19.1. The summed E-state index contributed by atoms with van der Waals surface area (Å²) in [4.78, 5) is 17.2. The first-order chi connectivity index (χ1) is 13.1. The molecular weight excluding hydrogens is 334 g/mol. The molecule has 4 heteroatoms. The second kappa shape index (κ2) is 9.67. The van der Waals surface area contributed by atoms with Crippen LogP contribution in [0.15, 0.2) is 54.6 Å². The summed E-state index contributed by atoms with van der Waals surface area (Å²) in [6.07, 6.45) is 2.45. The highest BCUT2D eigenvalue weighted by molar-refractivity contribution is 5.94. The van der Waals surface area contributed by atoms with Gasteiger partial charge in [-0.1, -0.05) is 42.5 Å². The number of rotatable bonds is 7. The average molecular weight is 366 g/mol. The Morgan fingerprint density at radius 3 is 2.41 bits per heavy atom. The molecule has 1 unspecified atom stereocenters. The van der Waals surface area contributed by atoms with Gasteiger partial charge in [0.15, 0.2) is 0 Å². The molecule has 1 aliphatic rings. The van der Waals surface area contributed by atoms with Gasteiger partial charge in [0, 0.05) is 31.7 Å². The van der Waals surface area contributed by atoms with E-state index in [4.69, 9.17) is 0 Å². The Bertz CT molecular complexity index is 706. The molecule has 0 bridgehead atoms. The highest BCUT2D eigenvalue weighted by Crippen LogP contribution is 2.23. The number of nitrogens with one attached hydrogen (secondary N) is 1. The number of carbonyl (C=O) groups excluding carboxylic acids is 1. The molecule has 1 heterocycles. The standard InChI is InChI=1S/C23H31N3O/c1-25(2)15-16-26(18-19-7-4-3-5-8-19)23(27)21-12-10-20(11-13-21)22-9-6-14-24-17-22/h3-5,7-8,10-13,22,24H,6,9,14-18H2,1-2H3. The van der Waals surface area contributed by atoms with Crippen LogP contribution in [0.25, 0.3) is 0 Å². The van der Waals surface area contributed by atoms with Crippen LogP contribution in [0.1, 0.15) is 40.2 Å². The van der Waals surface area contributed by atoms with E-state index in [1.54, 1.807) is 0 Å². The molecule has 0 radical (unpaired) electrons. The second-order valence-electron chi connectivity index (χ2n) is 7.68. The zero-order valence-corrected chi connectivity index (χ0v) is 16.5. The minimum absolute atomic E-state index is 0.106. The molecule has 1 N–H and O–H groups in total. The van der Waals surface area contributed by atoms with E-state index in [2.05, 4.69) is 34.5 Å². The third kappa shape index (κ3) is 5.65. The van der Waals surface area contributed by atoms with E-state index in [0.29, 0.717) is 12.5 Å². The predicted octanol–water partition coefficient (Wildman–Crippen LogP) is 3.36. The topological polar surface area (TPSA) is 35.6 Å². The van der Waals surface area contributed by atoms with Crippen LogP contribution < -0.4 is 5.32 Å². The first-order valence-corrected chi connectivity index (χ1v) is 9.92. The first-order valence-electron chi connectivity index (χ1n) is 9.92. The summed E-state index contributed by atoms with van der Waals surface area (Å²) in [5, 5.41) is 3.46. The molecule has 0 aromatic heterocycles. The van der Waals surface area contributed by atoms with E-state index in [-0.39, 0.29) is 5.91 Å². The van der Waals surface area contributed by atoms with Crippen molar-refractivity contribution in [2.24, 2.45) is 0 Å². The van der Waals surface area contributed by atoms with E-state index in [9.17, 15) is 4.79 Å². The number of hydrogen-bond acceptors (Lipinski definition) is 3. The molecule has 4 nitrogen and oxygen atoms in total. The number of benzene rings is 2. The minimum Gasteiger partial charge on any atom is -0.333 e. The summed E-state index contributed by atoms with van der Waals surface area (Å²) in [7, 11) is 4.08. The Morgan fingerprint density at radius 2 is 1.78 bits per heavy atom. The van der Waals surface area contributed by atoms with Gasteiger partial charge in [0.1, 0.15) is 0 Å². The molecule has 27 heavy (non-hydrogen) atoms. The number of likely N-dealkylation sites (N-methyl/N-ethyl adjacent to an activating group) is 1. The lowest BCUT2D eigenvalue weighted by atomic mass is 9.91. The van der Waals surface area contributed by atoms with Gasteiger partial charge in [-0.3, -0.25) is 4.79 Å². The summed E-state index contributed by atoms with van der Waals surface area (Å²) in [6.45, 7) is 4.37. The van der Waals surface area contributed by atoms with Gasteiger partial charge in [0.25, 0.3) is 5.91 Å². The van der Waals surface area contributed by atoms with Crippen LogP contribution >= 0.6 is 0 Å². The Morgan fingerprint density at radius 1 is 1.04 bits per heavy atom. The van der Waals surface area contributed by atoms with Gasteiger partial charge in [-0.15, -0.1) is 0 Å². The minimum atomic E-state index is 0.106. The molecule has 0 aliphatic carbocycles. The van der Waals surface area contributed by atoms with Gasteiger partial charge in [0.2, 0.25) is 0 Å². The largest absolute Gasteiger partial charge is 0.333 e. The quantitative estimate of drug-likeness (QED) is 0.817. The smallest absolute Gasteiger partial charge is 0.254 e. The average Bonchev–Trinajstić information content (AvgIpc) is 2.72. The maximum Gasteiger partial charge on any atom is 0.254 e. The molecular formula is C23H31N3O. The number of amides is 1. The lowest BCUT2D eigenvalue weighted by molar-refractivity contribution is 0.0732. The van der Waals surface area contributed by atoms with E-state index in [0.717, 1.165) is 37.3 Å². The molecule has 144 valence electrons. The van der Waals surface area contributed by atoms with Crippen LogP contribution in [0.5, 0.6) is 0 Å². The van der Waals surface area contributed by atoms with Crippen molar-refractivity contribution in [2.45, 2.75) is 25.3 Å². The molecule has 2 aromatic rings. The van der Waals surface area contributed by atoms with Crippen LogP contribution in [0.3, 0.4) is 0 Å². The molecule has 1 saturated heterocycles. The maximum absolute atomic E-state index is 13.1. The van der Waals surface area contributed by atoms with Gasteiger partial charge >= 0.3 is 0 Å². The summed E-state index contributed by atoms with van der Waals surface area (Å²) in [5.41, 5.74) is 3.27. The van der Waals surface area contributed by atoms with Gasteiger partial charge < -0.3 is 15.1 Å². The highest BCUT2D eigenvalue weighted by Gasteiger charge is 2.18. The van der Waals surface area contributed by atoms with Crippen molar-refractivity contribution in [3.05, 3.63) is 71.3 Å². The predicted molar refractivity (Wildman–Crippen MR) is 111 cm³/mol. The molecule has 0 saturated carbocycles. The summed E-state index contributed by atoms with van der Waals surface area (Å²) >= 11 is 0. The zero-order valence-electron chi connectivity index (χ0n) is 16.5. The monoisotopic (exact) mass is 365 g/mol. The normalized spacial score (nSPS) is 17.1. The summed E-state index contributed by atoms with van der Waals surface area (Å²) in [5.74, 6) is 0.672. The number of carbonyl (C=O) groups is 1. The summed E-state index contributed by atoms with van der Waals surface area (Å²) in [6, 6.07) is 18.5. The van der Waals surface area contributed by atoms with Crippen molar-refractivity contribution in [1.82, 2.24) is 15.1 Å². The first kappa shape index (κ1) is 19.6. The molecule has 3 rings (SSSR count). The van der Waals surface area contributed by atoms with E-state index < -0.39 is 0 Å². The van der Waals surface area contributed by atoms with Gasteiger partial charge in [0.05, 0.1) is 0 Å². The van der Waals surface area contributed by atoms with Crippen LogP contribution in [0, 0.1) is 0 Å². The van der Waals surface area contributed by atoms with Gasteiger partial charge in [-0.25, -0.2) is 0 Å². The van der Waals surface area contributed by atoms with Crippen molar-refractivity contribution in [2.75, 3.05) is 40.3 Å². The van der Waals surface area contributed by atoms with Gasteiger partial charge in [-0.2, -0.15) is 0 Å². The van der Waals surface area contributed by atoms with Crippen LogP contribution in [0.4, 0.5) is 0 Å². The molecule has 2 aromatic carbocycles. The number of hydrogen-bond donors (Lipinski definition) is 1. The van der Waals surface area contributed by atoms with Crippen molar-refractivity contribution in [1.29, 1.82) is 0 Å². The molecule has 1 amide bonds. The van der Waals surface area contributed by atoms with E-state index >= 15 is 0 Å². The molecule has 1 atom stereocenters. The lowest BCUT2D eigenvalue weighted by Crippen LogP contribution is -2.36. The van der Waals surface area contributed by atoms with Crippen molar-refractivity contribution < 1.29 is 4.79 Å². The third-order valence-electron chi connectivity index (χ3n) is 5.25. The van der Waals surface area contributed by atoms with Crippen LogP contribution in [-0.4, -0.2) is 56.0 Å². The number of nitrogens with zero attached hydrogens (tertiary/aromatic N) is 2. The maximum atomic E-state index is 13.1. The van der Waals surface area contributed by atoms with Crippen LogP contribution in [0.2, 0.25) is 0 Å². The Kier molecular flexibility index (Phi) is 7.02. The van der Waals surface area contributed by atoms with Crippen molar-refractivity contribution in [3.63, 3.8) is 0 Å². The fourth-order valence-corrected chi connectivity index (χ4v) is 3.59. The molecule has 0 spiro atoms. The SMILES string of the molecule is CN(C)CCN(Cc1ccccc1)C(=O)c1ccc(C2CCCNC2)cc1. The highest BCUT2D eigenvalue weighted by atomic mass is 16.2. The number of piperidine rings is 1. The fourth-order valence-electron chi connectivity index (χ4n) is 3.59. The molecule has 1 aliphatic heterocycles. The summed E-state index contributed by atoms with van der Waals surface area (Å²) < 4.78 is 0. The van der Waals surface area contributed by atoms with E-state index in [1.165, 1.54) is 18.4 Å².